The molecule has 1 aromatic rings. The molecule has 4 heteroatoms. The van der Waals surface area contributed by atoms with Crippen LogP contribution < -0.4 is 5.32 Å². The number of halogens is 1. The molecular weight excluding hydrogens is 245 g/mol. The maximum absolute atomic E-state index is 14.2. The van der Waals surface area contributed by atoms with Crippen molar-refractivity contribution in [1.82, 2.24) is 0 Å². The minimum Gasteiger partial charge on any atom is -0.469 e. The van der Waals surface area contributed by atoms with E-state index in [1.54, 1.807) is 6.92 Å². The Morgan fingerprint density at radius 1 is 1.47 bits per heavy atom. The van der Waals surface area contributed by atoms with Crippen LogP contribution in [0.2, 0.25) is 0 Å². The van der Waals surface area contributed by atoms with E-state index in [1.807, 2.05) is 6.07 Å². The van der Waals surface area contributed by atoms with Gasteiger partial charge in [0.25, 0.3) is 0 Å². The largest absolute Gasteiger partial charge is 0.469 e. The van der Waals surface area contributed by atoms with Crippen molar-refractivity contribution in [3.63, 3.8) is 0 Å². The Labute approximate surface area is 113 Å². The van der Waals surface area contributed by atoms with E-state index in [4.69, 9.17) is 4.74 Å². The van der Waals surface area contributed by atoms with Gasteiger partial charge in [-0.1, -0.05) is 6.07 Å². The predicted octanol–water partition coefficient (Wildman–Crippen LogP) is 3.24. The van der Waals surface area contributed by atoms with Gasteiger partial charge >= 0.3 is 5.97 Å². The number of methoxy groups -OCH3 is 1. The lowest BCUT2D eigenvalue weighted by Crippen LogP contribution is -2.35. The number of rotatable bonds is 2. The van der Waals surface area contributed by atoms with Crippen LogP contribution in [0.1, 0.15) is 44.2 Å². The SMILES string of the molecule is COC(=O)C(C)c1cc(F)c2c(c1)CCC(C)(C)N2. The maximum Gasteiger partial charge on any atom is 0.312 e. The Morgan fingerprint density at radius 2 is 2.16 bits per heavy atom. The van der Waals surface area contributed by atoms with Gasteiger partial charge in [0.15, 0.2) is 0 Å². The highest BCUT2D eigenvalue weighted by atomic mass is 19.1. The molecule has 1 aliphatic heterocycles. The summed E-state index contributed by atoms with van der Waals surface area (Å²) in [5.74, 6) is -1.08. The van der Waals surface area contributed by atoms with Crippen LogP contribution in [0.5, 0.6) is 0 Å². The molecule has 0 bridgehead atoms. The zero-order valence-electron chi connectivity index (χ0n) is 11.8. The molecule has 104 valence electrons. The van der Waals surface area contributed by atoms with Crippen LogP contribution in [0, 0.1) is 5.82 Å². The maximum atomic E-state index is 14.2. The Hall–Kier alpha value is -1.58. The van der Waals surface area contributed by atoms with Crippen LogP contribution in [-0.4, -0.2) is 18.6 Å². The number of hydrogen-bond acceptors (Lipinski definition) is 3. The lowest BCUT2D eigenvalue weighted by molar-refractivity contribution is -0.141. The molecule has 2 rings (SSSR count). The molecule has 0 spiro atoms. The van der Waals surface area contributed by atoms with Gasteiger partial charge in [0.2, 0.25) is 0 Å². The van der Waals surface area contributed by atoms with Crippen LogP contribution in [0.15, 0.2) is 12.1 Å². The van der Waals surface area contributed by atoms with Gasteiger partial charge in [-0.15, -0.1) is 0 Å². The first-order valence-corrected chi connectivity index (χ1v) is 6.52. The second kappa shape index (κ2) is 4.83. The van der Waals surface area contributed by atoms with Gasteiger partial charge in [-0.3, -0.25) is 4.79 Å². The fraction of sp³-hybridized carbons (Fsp3) is 0.533. The summed E-state index contributed by atoms with van der Waals surface area (Å²) in [5, 5.41) is 3.22. The van der Waals surface area contributed by atoms with Crippen molar-refractivity contribution in [1.29, 1.82) is 0 Å². The van der Waals surface area contributed by atoms with E-state index < -0.39 is 5.92 Å². The van der Waals surface area contributed by atoms with Gasteiger partial charge < -0.3 is 10.1 Å². The number of carbonyl (C=O) groups is 1. The standard InChI is InChI=1S/C15H20FNO2/c1-9(14(18)19-4)11-7-10-5-6-15(2,3)17-13(10)12(16)8-11/h7-9,17H,5-6H2,1-4H3. The molecule has 0 saturated carbocycles. The highest BCUT2D eigenvalue weighted by Crippen LogP contribution is 2.35. The molecule has 3 nitrogen and oxygen atoms in total. The van der Waals surface area contributed by atoms with Crippen molar-refractivity contribution in [2.24, 2.45) is 0 Å². The molecule has 0 aliphatic carbocycles. The molecule has 1 aliphatic rings. The second-order valence-electron chi connectivity index (χ2n) is 5.79. The summed E-state index contributed by atoms with van der Waals surface area (Å²) in [7, 11) is 1.34. The first-order chi connectivity index (χ1) is 8.84. The van der Waals surface area contributed by atoms with E-state index >= 15 is 0 Å². The van der Waals surface area contributed by atoms with Crippen LogP contribution >= 0.6 is 0 Å². The van der Waals surface area contributed by atoms with E-state index in [9.17, 15) is 9.18 Å². The third-order valence-electron chi connectivity index (χ3n) is 3.73. The lowest BCUT2D eigenvalue weighted by atomic mass is 9.87. The lowest BCUT2D eigenvalue weighted by Gasteiger charge is -2.34. The summed E-state index contributed by atoms with van der Waals surface area (Å²) < 4.78 is 18.9. The fourth-order valence-electron chi connectivity index (χ4n) is 2.43. The summed E-state index contributed by atoms with van der Waals surface area (Å²) in [4.78, 5) is 11.5. The van der Waals surface area contributed by atoms with Gasteiger partial charge in [0.05, 0.1) is 18.7 Å². The number of nitrogens with one attached hydrogen (secondary N) is 1. The summed E-state index contributed by atoms with van der Waals surface area (Å²) >= 11 is 0. The number of esters is 1. The molecule has 1 unspecified atom stereocenters. The van der Waals surface area contributed by atoms with Crippen molar-refractivity contribution in [2.75, 3.05) is 12.4 Å². The van der Waals surface area contributed by atoms with Gasteiger partial charge in [-0.2, -0.15) is 0 Å². The minimum atomic E-state index is -0.445. The summed E-state index contributed by atoms with van der Waals surface area (Å²) in [6, 6.07) is 3.33. The van der Waals surface area contributed by atoms with Gasteiger partial charge in [0, 0.05) is 5.54 Å². The Morgan fingerprint density at radius 3 is 2.79 bits per heavy atom. The predicted molar refractivity (Wildman–Crippen MR) is 72.9 cm³/mol. The molecule has 19 heavy (non-hydrogen) atoms. The Bertz CT molecular complexity index is 511. The van der Waals surface area contributed by atoms with Crippen molar-refractivity contribution in [2.45, 2.75) is 45.1 Å². The highest BCUT2D eigenvalue weighted by molar-refractivity contribution is 5.78. The summed E-state index contributed by atoms with van der Waals surface area (Å²) in [6.45, 7) is 5.84. The van der Waals surface area contributed by atoms with Gasteiger partial charge in [-0.25, -0.2) is 4.39 Å². The molecular formula is C15H20FNO2. The molecule has 0 aromatic heterocycles. The number of fused-ring (bicyclic) bond motifs is 1. The molecule has 0 fully saturated rings. The van der Waals surface area contributed by atoms with Crippen molar-refractivity contribution < 1.29 is 13.9 Å². The normalized spacial score (nSPS) is 18.2. The first-order valence-electron chi connectivity index (χ1n) is 6.52. The number of anilines is 1. The molecule has 0 amide bonds. The average molecular weight is 265 g/mol. The number of aryl methyl sites for hydroxylation is 1. The topological polar surface area (TPSA) is 38.3 Å². The smallest absolute Gasteiger partial charge is 0.312 e. The fourth-order valence-corrected chi connectivity index (χ4v) is 2.43. The monoisotopic (exact) mass is 265 g/mol. The van der Waals surface area contributed by atoms with E-state index in [1.165, 1.54) is 13.2 Å². The van der Waals surface area contributed by atoms with Crippen LogP contribution in [-0.2, 0) is 16.0 Å². The van der Waals surface area contributed by atoms with Gasteiger partial charge in [-0.05, 0) is 50.8 Å². The molecule has 0 saturated heterocycles. The Kier molecular flexibility index (Phi) is 3.52. The minimum absolute atomic E-state index is 0.0939. The highest BCUT2D eigenvalue weighted by Gasteiger charge is 2.28. The summed E-state index contributed by atoms with van der Waals surface area (Å²) in [6.07, 6.45) is 1.75. The molecule has 1 heterocycles. The van der Waals surface area contributed by atoms with Crippen molar-refractivity contribution >= 4 is 11.7 Å². The van der Waals surface area contributed by atoms with Crippen molar-refractivity contribution in [3.8, 4) is 0 Å². The zero-order chi connectivity index (χ0) is 14.2. The van der Waals surface area contributed by atoms with E-state index in [0.717, 1.165) is 18.4 Å². The summed E-state index contributed by atoms with van der Waals surface area (Å²) in [5.41, 5.74) is 2.08. The quantitative estimate of drug-likeness (QED) is 0.834. The average Bonchev–Trinajstić information content (AvgIpc) is 2.37. The van der Waals surface area contributed by atoms with E-state index in [0.29, 0.717) is 11.3 Å². The zero-order valence-corrected chi connectivity index (χ0v) is 11.8. The van der Waals surface area contributed by atoms with Crippen molar-refractivity contribution in [3.05, 3.63) is 29.1 Å². The molecule has 1 N–H and O–H groups in total. The van der Waals surface area contributed by atoms with Crippen LogP contribution in [0.25, 0.3) is 0 Å². The van der Waals surface area contributed by atoms with Crippen LogP contribution in [0.4, 0.5) is 10.1 Å². The van der Waals surface area contributed by atoms with Crippen LogP contribution in [0.3, 0.4) is 0 Å². The Balaban J connectivity index is 2.38. The van der Waals surface area contributed by atoms with E-state index in [2.05, 4.69) is 19.2 Å². The van der Waals surface area contributed by atoms with Gasteiger partial charge in [0.1, 0.15) is 5.82 Å². The number of carbonyl (C=O) groups excluding carboxylic acids is 1. The van der Waals surface area contributed by atoms with E-state index in [-0.39, 0.29) is 17.3 Å². The molecule has 0 radical (unpaired) electrons. The number of hydrogen-bond donors (Lipinski definition) is 1. The molecule has 1 atom stereocenters. The molecule has 1 aromatic carbocycles. The number of benzene rings is 1. The first kappa shape index (κ1) is 13.8. The third kappa shape index (κ3) is 2.72. The second-order valence-corrected chi connectivity index (χ2v) is 5.79. The third-order valence-corrected chi connectivity index (χ3v) is 3.73. The number of ether oxygens (including phenoxy) is 1.